The highest BCUT2D eigenvalue weighted by Gasteiger charge is 2.31. The predicted molar refractivity (Wildman–Crippen MR) is 71.8 cm³/mol. The molecule has 2 nitrogen and oxygen atoms in total. The number of nitrogens with zero attached hydrogens (tertiary/aromatic N) is 1. The summed E-state index contributed by atoms with van der Waals surface area (Å²) < 4.78 is 0. The normalized spacial score (nSPS) is 25.3. The van der Waals surface area contributed by atoms with Crippen LogP contribution in [0.2, 0.25) is 0 Å². The zero-order valence-corrected chi connectivity index (χ0v) is 11.8. The van der Waals surface area contributed by atoms with Crippen molar-refractivity contribution in [2.24, 2.45) is 5.41 Å². The Morgan fingerprint density at radius 2 is 2.00 bits per heavy atom. The zero-order chi connectivity index (χ0) is 12.2. The summed E-state index contributed by atoms with van der Waals surface area (Å²) in [5.74, 6) is 0. The molecule has 16 heavy (non-hydrogen) atoms. The Morgan fingerprint density at radius 3 is 2.56 bits per heavy atom. The van der Waals surface area contributed by atoms with E-state index in [4.69, 9.17) is 0 Å². The highest BCUT2D eigenvalue weighted by Crippen LogP contribution is 2.35. The molecule has 0 amide bonds. The molecule has 1 saturated carbocycles. The Morgan fingerprint density at radius 1 is 1.31 bits per heavy atom. The van der Waals surface area contributed by atoms with Crippen LogP contribution in [0.3, 0.4) is 0 Å². The van der Waals surface area contributed by atoms with Crippen molar-refractivity contribution in [1.82, 2.24) is 10.2 Å². The first-order valence-electron chi connectivity index (χ1n) is 6.87. The van der Waals surface area contributed by atoms with Gasteiger partial charge in [-0.15, -0.1) is 0 Å². The molecule has 1 N–H and O–H groups in total. The molecule has 1 atom stereocenters. The van der Waals surface area contributed by atoms with Gasteiger partial charge in [0.25, 0.3) is 0 Å². The van der Waals surface area contributed by atoms with Gasteiger partial charge in [-0.3, -0.25) is 0 Å². The van der Waals surface area contributed by atoms with Gasteiger partial charge >= 0.3 is 0 Å². The second kappa shape index (κ2) is 6.02. The van der Waals surface area contributed by atoms with Crippen molar-refractivity contribution in [2.75, 3.05) is 20.1 Å². The molecule has 0 aromatic rings. The SMILES string of the molecule is CC(C)N(C)CCNC1CCCCC1(C)C. The van der Waals surface area contributed by atoms with Crippen LogP contribution in [0.1, 0.15) is 53.4 Å². The summed E-state index contributed by atoms with van der Waals surface area (Å²) in [7, 11) is 2.21. The van der Waals surface area contributed by atoms with Gasteiger partial charge in [-0.1, -0.05) is 26.7 Å². The van der Waals surface area contributed by atoms with Crippen molar-refractivity contribution in [3.63, 3.8) is 0 Å². The summed E-state index contributed by atoms with van der Waals surface area (Å²) >= 11 is 0. The molecule has 2 heteroatoms. The molecule has 0 saturated heterocycles. The van der Waals surface area contributed by atoms with Crippen LogP contribution < -0.4 is 5.32 Å². The maximum absolute atomic E-state index is 3.76. The largest absolute Gasteiger partial charge is 0.312 e. The number of likely N-dealkylation sites (N-methyl/N-ethyl adjacent to an activating group) is 1. The first-order chi connectivity index (χ1) is 7.43. The van der Waals surface area contributed by atoms with Crippen LogP contribution in [0.5, 0.6) is 0 Å². The van der Waals surface area contributed by atoms with E-state index in [0.717, 1.165) is 19.1 Å². The van der Waals surface area contributed by atoms with E-state index < -0.39 is 0 Å². The molecular weight excluding hydrogens is 196 g/mol. The molecule has 0 aromatic carbocycles. The fourth-order valence-electron chi connectivity index (χ4n) is 2.55. The third-order valence-electron chi connectivity index (χ3n) is 4.24. The molecule has 0 heterocycles. The lowest BCUT2D eigenvalue weighted by atomic mass is 9.73. The maximum atomic E-state index is 3.76. The van der Waals surface area contributed by atoms with Gasteiger partial charge in [0.1, 0.15) is 0 Å². The van der Waals surface area contributed by atoms with Crippen molar-refractivity contribution >= 4 is 0 Å². The molecule has 1 rings (SSSR count). The minimum Gasteiger partial charge on any atom is -0.312 e. The topological polar surface area (TPSA) is 15.3 Å². The van der Waals surface area contributed by atoms with E-state index in [0.29, 0.717) is 11.5 Å². The highest BCUT2D eigenvalue weighted by molar-refractivity contribution is 4.87. The van der Waals surface area contributed by atoms with Crippen LogP contribution >= 0.6 is 0 Å². The highest BCUT2D eigenvalue weighted by atomic mass is 15.1. The summed E-state index contributed by atoms with van der Waals surface area (Å²) in [4.78, 5) is 2.41. The monoisotopic (exact) mass is 226 g/mol. The first kappa shape index (κ1) is 14.0. The second-order valence-electron chi connectivity index (χ2n) is 6.32. The summed E-state index contributed by atoms with van der Waals surface area (Å²) in [5, 5.41) is 3.76. The maximum Gasteiger partial charge on any atom is 0.0119 e. The molecule has 96 valence electrons. The van der Waals surface area contributed by atoms with E-state index >= 15 is 0 Å². The van der Waals surface area contributed by atoms with Gasteiger partial charge in [0.2, 0.25) is 0 Å². The number of hydrogen-bond donors (Lipinski definition) is 1. The standard InChI is InChI=1S/C14H30N2/c1-12(2)16(5)11-10-15-13-8-6-7-9-14(13,3)4/h12-13,15H,6-11H2,1-5H3. The third kappa shape index (κ3) is 4.06. The second-order valence-corrected chi connectivity index (χ2v) is 6.32. The lowest BCUT2D eigenvalue weighted by molar-refractivity contribution is 0.161. The summed E-state index contributed by atoms with van der Waals surface area (Å²) in [6.07, 6.45) is 5.56. The molecule has 1 aliphatic carbocycles. The molecule has 0 radical (unpaired) electrons. The van der Waals surface area contributed by atoms with Crippen molar-refractivity contribution in [1.29, 1.82) is 0 Å². The summed E-state index contributed by atoms with van der Waals surface area (Å²) in [6.45, 7) is 11.6. The van der Waals surface area contributed by atoms with Crippen LogP contribution in [0.4, 0.5) is 0 Å². The Kier molecular flexibility index (Phi) is 5.26. The van der Waals surface area contributed by atoms with Crippen molar-refractivity contribution in [3.8, 4) is 0 Å². The van der Waals surface area contributed by atoms with Gasteiger partial charge in [-0.2, -0.15) is 0 Å². The molecule has 0 spiro atoms. The molecule has 1 fully saturated rings. The molecular formula is C14H30N2. The minimum absolute atomic E-state index is 0.495. The Balaban J connectivity index is 2.26. The van der Waals surface area contributed by atoms with Gasteiger partial charge in [-0.05, 0) is 39.2 Å². The van der Waals surface area contributed by atoms with Crippen LogP contribution in [0.15, 0.2) is 0 Å². The van der Waals surface area contributed by atoms with Crippen LogP contribution in [-0.2, 0) is 0 Å². The van der Waals surface area contributed by atoms with Gasteiger partial charge in [0.15, 0.2) is 0 Å². The fraction of sp³-hybridized carbons (Fsp3) is 1.00. The molecule has 0 aliphatic heterocycles. The van der Waals surface area contributed by atoms with E-state index in [1.165, 1.54) is 25.7 Å². The van der Waals surface area contributed by atoms with E-state index in [2.05, 4.69) is 45.0 Å². The van der Waals surface area contributed by atoms with Crippen LogP contribution in [0, 0.1) is 5.41 Å². The quantitative estimate of drug-likeness (QED) is 0.775. The van der Waals surface area contributed by atoms with Gasteiger partial charge < -0.3 is 10.2 Å². The minimum atomic E-state index is 0.495. The van der Waals surface area contributed by atoms with Crippen LogP contribution in [-0.4, -0.2) is 37.1 Å². The average molecular weight is 226 g/mol. The first-order valence-corrected chi connectivity index (χ1v) is 6.87. The van der Waals surface area contributed by atoms with E-state index in [9.17, 15) is 0 Å². The third-order valence-corrected chi connectivity index (χ3v) is 4.24. The smallest absolute Gasteiger partial charge is 0.0119 e. The van der Waals surface area contributed by atoms with Crippen molar-refractivity contribution in [3.05, 3.63) is 0 Å². The molecule has 1 unspecified atom stereocenters. The number of rotatable bonds is 5. The average Bonchev–Trinajstić information content (AvgIpc) is 2.19. The Labute approximate surface area is 102 Å². The fourth-order valence-corrected chi connectivity index (χ4v) is 2.55. The van der Waals surface area contributed by atoms with Crippen LogP contribution in [0.25, 0.3) is 0 Å². The summed E-state index contributed by atoms with van der Waals surface area (Å²) in [6, 6.07) is 1.38. The van der Waals surface area contributed by atoms with Gasteiger partial charge in [-0.25, -0.2) is 0 Å². The lowest BCUT2D eigenvalue weighted by Gasteiger charge is -2.39. The van der Waals surface area contributed by atoms with Gasteiger partial charge in [0.05, 0.1) is 0 Å². The predicted octanol–water partition coefficient (Wildman–Crippen LogP) is 2.89. The van der Waals surface area contributed by atoms with E-state index in [-0.39, 0.29) is 0 Å². The zero-order valence-electron chi connectivity index (χ0n) is 11.8. The Hall–Kier alpha value is -0.0800. The molecule has 1 aliphatic rings. The van der Waals surface area contributed by atoms with Crippen molar-refractivity contribution < 1.29 is 0 Å². The van der Waals surface area contributed by atoms with Crippen molar-refractivity contribution in [2.45, 2.75) is 65.5 Å². The lowest BCUT2D eigenvalue weighted by Crippen LogP contribution is -2.46. The molecule has 0 aromatic heterocycles. The van der Waals surface area contributed by atoms with Gasteiger partial charge in [0, 0.05) is 25.2 Å². The molecule has 0 bridgehead atoms. The van der Waals surface area contributed by atoms with E-state index in [1.807, 2.05) is 0 Å². The summed E-state index contributed by atoms with van der Waals surface area (Å²) in [5.41, 5.74) is 0.495. The number of nitrogens with one attached hydrogen (secondary N) is 1. The Bertz CT molecular complexity index is 199. The number of hydrogen-bond acceptors (Lipinski definition) is 2. The van der Waals surface area contributed by atoms with E-state index in [1.54, 1.807) is 0 Å².